The molecule has 0 aliphatic rings. The molecule has 1 amide bonds. The van der Waals surface area contributed by atoms with Crippen LogP contribution in [0.5, 0.6) is 0 Å². The Kier molecular flexibility index (Phi) is 4.86. The summed E-state index contributed by atoms with van der Waals surface area (Å²) in [6.45, 7) is 1.91. The van der Waals surface area contributed by atoms with E-state index >= 15 is 0 Å². The van der Waals surface area contributed by atoms with E-state index in [2.05, 4.69) is 5.32 Å². The van der Waals surface area contributed by atoms with E-state index in [4.69, 9.17) is 5.11 Å². The minimum Gasteiger partial charge on any atom is -0.478 e. The maximum atomic E-state index is 13.8. The maximum Gasteiger partial charge on any atom is 0.337 e. The Labute approximate surface area is 111 Å². The number of carbonyl (C=O) groups is 2. The van der Waals surface area contributed by atoms with Gasteiger partial charge in [-0.25, -0.2) is 9.18 Å². The van der Waals surface area contributed by atoms with Gasteiger partial charge in [0.05, 0.1) is 17.2 Å². The van der Waals surface area contributed by atoms with Crippen LogP contribution in [-0.2, 0) is 4.79 Å². The van der Waals surface area contributed by atoms with Gasteiger partial charge in [-0.15, -0.1) is 0 Å². The second-order valence-electron chi connectivity index (χ2n) is 4.34. The van der Waals surface area contributed by atoms with Crippen LogP contribution in [-0.4, -0.2) is 37.6 Å². The predicted octanol–water partition coefficient (Wildman–Crippen LogP) is 1.34. The summed E-state index contributed by atoms with van der Waals surface area (Å²) in [6, 6.07) is 3.88. The van der Waals surface area contributed by atoms with E-state index in [1.165, 1.54) is 30.1 Å². The summed E-state index contributed by atoms with van der Waals surface area (Å²) in [4.78, 5) is 24.0. The fraction of sp³-hybridized carbons (Fsp3) is 0.385. The summed E-state index contributed by atoms with van der Waals surface area (Å²) in [5.41, 5.74) is -0.127. The van der Waals surface area contributed by atoms with Gasteiger partial charge in [0.1, 0.15) is 5.82 Å². The Bertz CT molecular complexity index is 491. The van der Waals surface area contributed by atoms with Crippen molar-refractivity contribution in [3.8, 4) is 0 Å². The zero-order valence-electron chi connectivity index (χ0n) is 11.1. The molecule has 1 atom stereocenters. The molecular weight excluding hydrogens is 251 g/mol. The van der Waals surface area contributed by atoms with Crippen molar-refractivity contribution in [3.63, 3.8) is 0 Å². The third-order valence-corrected chi connectivity index (χ3v) is 2.84. The van der Waals surface area contributed by atoms with Gasteiger partial charge < -0.3 is 15.3 Å². The molecule has 0 saturated heterocycles. The minimum absolute atomic E-state index is 0.00856. The maximum absolute atomic E-state index is 13.8. The van der Waals surface area contributed by atoms with Crippen LogP contribution in [0.25, 0.3) is 0 Å². The predicted molar refractivity (Wildman–Crippen MR) is 69.9 cm³/mol. The Hall–Kier alpha value is -2.11. The molecule has 0 radical (unpaired) electrons. The van der Waals surface area contributed by atoms with E-state index in [-0.39, 0.29) is 29.6 Å². The normalized spacial score (nSPS) is 11.8. The first-order chi connectivity index (χ1) is 8.88. The lowest BCUT2D eigenvalue weighted by molar-refractivity contribution is -0.123. The van der Waals surface area contributed by atoms with Crippen LogP contribution in [0.2, 0.25) is 0 Å². The largest absolute Gasteiger partial charge is 0.478 e. The quantitative estimate of drug-likeness (QED) is 0.845. The highest BCUT2D eigenvalue weighted by Gasteiger charge is 2.21. The molecule has 0 aliphatic carbocycles. The van der Waals surface area contributed by atoms with Crippen molar-refractivity contribution in [2.45, 2.75) is 6.92 Å². The number of aromatic carboxylic acids is 1. The lowest BCUT2D eigenvalue weighted by Crippen LogP contribution is -2.35. The molecule has 104 valence electrons. The average Bonchev–Trinajstić information content (AvgIpc) is 2.36. The van der Waals surface area contributed by atoms with Gasteiger partial charge in [-0.3, -0.25) is 4.79 Å². The number of carbonyl (C=O) groups excluding carboxylic acids is 1. The fourth-order valence-corrected chi connectivity index (χ4v) is 1.91. The number of hydrogen-bond donors (Lipinski definition) is 2. The number of nitrogens with zero attached hydrogens (tertiary/aromatic N) is 1. The summed E-state index contributed by atoms with van der Waals surface area (Å²) in [5, 5.41) is 11.6. The van der Waals surface area contributed by atoms with Crippen LogP contribution in [0, 0.1) is 11.7 Å². The van der Waals surface area contributed by atoms with Crippen LogP contribution in [0.3, 0.4) is 0 Å². The Morgan fingerprint density at radius 1 is 1.47 bits per heavy atom. The second-order valence-corrected chi connectivity index (χ2v) is 4.34. The molecule has 1 aromatic rings. The zero-order chi connectivity index (χ0) is 14.6. The molecule has 0 saturated carbocycles. The molecule has 0 spiro atoms. The molecule has 19 heavy (non-hydrogen) atoms. The SMILES string of the molecule is CNC(=O)C(C)CN(C)c1c(F)cccc1C(=O)O. The number of carboxylic acids is 1. The van der Waals surface area contributed by atoms with Crippen LogP contribution in [0.4, 0.5) is 10.1 Å². The molecule has 1 aromatic carbocycles. The number of hydrogen-bond acceptors (Lipinski definition) is 3. The number of carboxylic acid groups (broad SMARTS) is 1. The number of amides is 1. The van der Waals surface area contributed by atoms with Gasteiger partial charge in [0.15, 0.2) is 0 Å². The third-order valence-electron chi connectivity index (χ3n) is 2.84. The van der Waals surface area contributed by atoms with Gasteiger partial charge in [-0.05, 0) is 12.1 Å². The number of anilines is 1. The highest BCUT2D eigenvalue weighted by molar-refractivity contribution is 5.94. The standard InChI is InChI=1S/C13H17FN2O3/c1-8(12(17)15-2)7-16(3)11-9(13(18)19)5-4-6-10(11)14/h4-6,8H,7H2,1-3H3,(H,15,17)(H,18,19). The number of halogens is 1. The van der Waals surface area contributed by atoms with Gasteiger partial charge in [0, 0.05) is 20.6 Å². The molecular formula is C13H17FN2O3. The molecule has 0 fully saturated rings. The lowest BCUT2D eigenvalue weighted by Gasteiger charge is -2.24. The first kappa shape index (κ1) is 14.9. The molecule has 2 N–H and O–H groups in total. The monoisotopic (exact) mass is 268 g/mol. The van der Waals surface area contributed by atoms with E-state index in [9.17, 15) is 14.0 Å². The lowest BCUT2D eigenvalue weighted by atomic mass is 10.1. The van der Waals surface area contributed by atoms with Crippen LogP contribution < -0.4 is 10.2 Å². The van der Waals surface area contributed by atoms with Crippen LogP contribution in [0.15, 0.2) is 18.2 Å². The topological polar surface area (TPSA) is 69.6 Å². The van der Waals surface area contributed by atoms with Crippen molar-refractivity contribution in [2.75, 3.05) is 25.5 Å². The molecule has 0 heterocycles. The summed E-state index contributed by atoms with van der Waals surface area (Å²) < 4.78 is 13.8. The highest BCUT2D eigenvalue weighted by Crippen LogP contribution is 2.24. The van der Waals surface area contributed by atoms with Crippen molar-refractivity contribution in [1.29, 1.82) is 0 Å². The molecule has 6 heteroatoms. The van der Waals surface area contributed by atoms with Crippen molar-refractivity contribution >= 4 is 17.6 Å². The average molecular weight is 268 g/mol. The number of para-hydroxylation sites is 1. The number of rotatable bonds is 5. The third kappa shape index (κ3) is 3.43. The summed E-state index contributed by atoms with van der Waals surface area (Å²) in [6.07, 6.45) is 0. The highest BCUT2D eigenvalue weighted by atomic mass is 19.1. The van der Waals surface area contributed by atoms with E-state index in [0.717, 1.165) is 0 Å². The molecule has 0 aromatic heterocycles. The summed E-state index contributed by atoms with van der Waals surface area (Å²) in [7, 11) is 3.08. The van der Waals surface area contributed by atoms with Gasteiger partial charge in [0.2, 0.25) is 5.91 Å². The first-order valence-corrected chi connectivity index (χ1v) is 5.83. The summed E-state index contributed by atoms with van der Waals surface area (Å²) in [5.74, 6) is -2.38. The van der Waals surface area contributed by atoms with E-state index in [0.29, 0.717) is 0 Å². The minimum atomic E-state index is -1.20. The van der Waals surface area contributed by atoms with Crippen molar-refractivity contribution in [3.05, 3.63) is 29.6 Å². The van der Waals surface area contributed by atoms with Crippen LogP contribution in [0.1, 0.15) is 17.3 Å². The van der Waals surface area contributed by atoms with Crippen molar-refractivity contribution in [1.82, 2.24) is 5.32 Å². The zero-order valence-corrected chi connectivity index (χ0v) is 11.1. The first-order valence-electron chi connectivity index (χ1n) is 5.83. The molecule has 0 aliphatic heterocycles. The molecule has 1 unspecified atom stereocenters. The van der Waals surface area contributed by atoms with Gasteiger partial charge >= 0.3 is 5.97 Å². The fourth-order valence-electron chi connectivity index (χ4n) is 1.91. The van der Waals surface area contributed by atoms with Gasteiger partial charge in [0.25, 0.3) is 0 Å². The molecule has 0 bridgehead atoms. The van der Waals surface area contributed by atoms with Crippen LogP contribution >= 0.6 is 0 Å². The number of benzene rings is 1. The summed E-state index contributed by atoms with van der Waals surface area (Å²) >= 11 is 0. The van der Waals surface area contributed by atoms with Gasteiger partial charge in [-0.2, -0.15) is 0 Å². The van der Waals surface area contributed by atoms with Gasteiger partial charge in [-0.1, -0.05) is 13.0 Å². The Morgan fingerprint density at radius 3 is 2.63 bits per heavy atom. The smallest absolute Gasteiger partial charge is 0.337 e. The van der Waals surface area contributed by atoms with Crippen molar-refractivity contribution < 1.29 is 19.1 Å². The Morgan fingerprint density at radius 2 is 2.11 bits per heavy atom. The molecule has 1 rings (SSSR count). The second kappa shape index (κ2) is 6.17. The van der Waals surface area contributed by atoms with E-state index < -0.39 is 11.8 Å². The van der Waals surface area contributed by atoms with Crippen molar-refractivity contribution in [2.24, 2.45) is 5.92 Å². The van der Waals surface area contributed by atoms with E-state index in [1.807, 2.05) is 0 Å². The number of nitrogens with one attached hydrogen (secondary N) is 1. The molecule has 5 nitrogen and oxygen atoms in total. The Balaban J connectivity index is 3.02. The van der Waals surface area contributed by atoms with E-state index in [1.54, 1.807) is 14.0 Å².